The molecule has 0 aliphatic carbocycles. The van der Waals surface area contributed by atoms with Gasteiger partial charge in [-0.05, 0) is 32.7 Å². The molecule has 2 atom stereocenters. The molecule has 0 aromatic carbocycles. The first-order chi connectivity index (χ1) is 6.70. The first-order valence-electron chi connectivity index (χ1n) is 5.56. The van der Waals surface area contributed by atoms with E-state index in [0.29, 0.717) is 12.6 Å². The van der Waals surface area contributed by atoms with E-state index in [9.17, 15) is 0 Å². The van der Waals surface area contributed by atoms with Crippen LogP contribution in [0.3, 0.4) is 0 Å². The van der Waals surface area contributed by atoms with Crippen molar-refractivity contribution in [3.63, 3.8) is 0 Å². The van der Waals surface area contributed by atoms with Crippen molar-refractivity contribution >= 4 is 0 Å². The minimum atomic E-state index is -0.0849. The molecule has 0 bridgehead atoms. The van der Waals surface area contributed by atoms with Crippen molar-refractivity contribution in [3.05, 3.63) is 0 Å². The van der Waals surface area contributed by atoms with Crippen molar-refractivity contribution in [2.24, 2.45) is 0 Å². The monoisotopic (exact) mass is 201 g/mol. The second-order valence-electron chi connectivity index (χ2n) is 4.38. The van der Waals surface area contributed by atoms with Crippen molar-refractivity contribution < 1.29 is 9.47 Å². The summed E-state index contributed by atoms with van der Waals surface area (Å²) in [5.74, 6) is 0. The lowest BCUT2D eigenvalue weighted by atomic mass is 9.93. The Kier molecular flexibility index (Phi) is 4.85. The van der Waals surface area contributed by atoms with Crippen LogP contribution in [0.2, 0.25) is 0 Å². The van der Waals surface area contributed by atoms with Crippen LogP contribution in [-0.4, -0.2) is 38.5 Å². The predicted octanol–water partition coefficient (Wildman–Crippen LogP) is 1.57. The van der Waals surface area contributed by atoms with Gasteiger partial charge in [0.1, 0.15) is 0 Å². The highest BCUT2D eigenvalue weighted by molar-refractivity contribution is 4.86. The topological polar surface area (TPSA) is 30.5 Å². The smallest absolute Gasteiger partial charge is 0.0901 e. The van der Waals surface area contributed by atoms with Crippen LogP contribution in [0, 0.1) is 0 Å². The fraction of sp³-hybridized carbons (Fsp3) is 1.00. The van der Waals surface area contributed by atoms with Crippen molar-refractivity contribution in [1.82, 2.24) is 5.32 Å². The number of methoxy groups -OCH3 is 1. The van der Waals surface area contributed by atoms with Gasteiger partial charge in [0.05, 0.1) is 12.2 Å². The lowest BCUT2D eigenvalue weighted by Crippen LogP contribution is -2.47. The predicted molar refractivity (Wildman–Crippen MR) is 57.5 cm³/mol. The molecule has 84 valence electrons. The van der Waals surface area contributed by atoms with E-state index in [0.717, 1.165) is 26.0 Å². The van der Waals surface area contributed by atoms with Crippen molar-refractivity contribution in [3.8, 4) is 0 Å². The van der Waals surface area contributed by atoms with E-state index in [1.165, 1.54) is 6.42 Å². The van der Waals surface area contributed by atoms with Crippen molar-refractivity contribution in [2.45, 2.75) is 44.8 Å². The average molecular weight is 201 g/mol. The Balaban J connectivity index is 2.34. The van der Waals surface area contributed by atoms with Gasteiger partial charge in [0.25, 0.3) is 0 Å². The maximum absolute atomic E-state index is 5.75. The van der Waals surface area contributed by atoms with E-state index in [1.54, 1.807) is 7.11 Å². The molecular formula is C11H23NO2. The average Bonchev–Trinajstić information content (AvgIpc) is 2.15. The third kappa shape index (κ3) is 3.56. The summed E-state index contributed by atoms with van der Waals surface area (Å²) in [7, 11) is 1.73. The maximum atomic E-state index is 5.75. The van der Waals surface area contributed by atoms with Gasteiger partial charge in [-0.25, -0.2) is 0 Å². The SMILES string of the molecule is CCCNC1CCOC(C)(COC)C1. The van der Waals surface area contributed by atoms with Gasteiger partial charge in [-0.15, -0.1) is 0 Å². The second-order valence-corrected chi connectivity index (χ2v) is 4.38. The molecule has 0 aromatic heterocycles. The molecule has 1 aliphatic rings. The molecule has 1 aliphatic heterocycles. The molecule has 3 nitrogen and oxygen atoms in total. The van der Waals surface area contributed by atoms with Crippen LogP contribution in [0.1, 0.15) is 33.1 Å². The zero-order chi connectivity index (χ0) is 10.4. The van der Waals surface area contributed by atoms with Gasteiger partial charge in [0, 0.05) is 19.8 Å². The summed E-state index contributed by atoms with van der Waals surface area (Å²) in [4.78, 5) is 0. The second kappa shape index (κ2) is 5.69. The molecule has 1 N–H and O–H groups in total. The summed E-state index contributed by atoms with van der Waals surface area (Å²) in [6.07, 6.45) is 3.37. The van der Waals surface area contributed by atoms with Crippen LogP contribution in [-0.2, 0) is 9.47 Å². The largest absolute Gasteiger partial charge is 0.382 e. The summed E-state index contributed by atoms with van der Waals surface area (Å²) < 4.78 is 10.9. The van der Waals surface area contributed by atoms with Gasteiger partial charge in [-0.2, -0.15) is 0 Å². The van der Waals surface area contributed by atoms with Crippen LogP contribution in [0.25, 0.3) is 0 Å². The Labute approximate surface area is 87.2 Å². The molecule has 1 heterocycles. The highest BCUT2D eigenvalue weighted by atomic mass is 16.5. The number of hydrogen-bond donors (Lipinski definition) is 1. The Morgan fingerprint density at radius 3 is 3.00 bits per heavy atom. The fourth-order valence-electron chi connectivity index (χ4n) is 2.06. The highest BCUT2D eigenvalue weighted by Crippen LogP contribution is 2.24. The molecule has 1 fully saturated rings. The first-order valence-corrected chi connectivity index (χ1v) is 5.56. The molecule has 1 rings (SSSR count). The standard InChI is InChI=1S/C11H23NO2/c1-4-6-12-10-5-7-14-11(2,8-10)9-13-3/h10,12H,4-9H2,1-3H3. The third-order valence-corrected chi connectivity index (χ3v) is 2.73. The minimum absolute atomic E-state index is 0.0849. The Bertz CT molecular complexity index is 159. The van der Waals surface area contributed by atoms with E-state index in [2.05, 4.69) is 19.2 Å². The molecule has 2 unspecified atom stereocenters. The lowest BCUT2D eigenvalue weighted by Gasteiger charge is -2.38. The summed E-state index contributed by atoms with van der Waals surface area (Å²) in [6.45, 7) is 6.98. The zero-order valence-corrected chi connectivity index (χ0v) is 9.64. The van der Waals surface area contributed by atoms with Crippen molar-refractivity contribution in [1.29, 1.82) is 0 Å². The Hall–Kier alpha value is -0.120. The Morgan fingerprint density at radius 1 is 1.57 bits per heavy atom. The third-order valence-electron chi connectivity index (χ3n) is 2.73. The summed E-state index contributed by atoms with van der Waals surface area (Å²) >= 11 is 0. The van der Waals surface area contributed by atoms with E-state index >= 15 is 0 Å². The molecule has 3 heteroatoms. The molecule has 1 saturated heterocycles. The van der Waals surface area contributed by atoms with Crippen LogP contribution in [0.4, 0.5) is 0 Å². The quantitative estimate of drug-likeness (QED) is 0.732. The van der Waals surface area contributed by atoms with Gasteiger partial charge in [0.2, 0.25) is 0 Å². The Morgan fingerprint density at radius 2 is 2.36 bits per heavy atom. The first kappa shape index (κ1) is 12.0. The van der Waals surface area contributed by atoms with Crippen LogP contribution >= 0.6 is 0 Å². The number of hydrogen-bond acceptors (Lipinski definition) is 3. The summed E-state index contributed by atoms with van der Waals surface area (Å²) in [6, 6.07) is 0.601. The fourth-order valence-corrected chi connectivity index (χ4v) is 2.06. The van der Waals surface area contributed by atoms with E-state index in [-0.39, 0.29) is 5.60 Å². The van der Waals surface area contributed by atoms with Gasteiger partial charge >= 0.3 is 0 Å². The van der Waals surface area contributed by atoms with E-state index < -0.39 is 0 Å². The maximum Gasteiger partial charge on any atom is 0.0901 e. The van der Waals surface area contributed by atoms with Crippen LogP contribution in [0.5, 0.6) is 0 Å². The molecule has 0 amide bonds. The van der Waals surface area contributed by atoms with Gasteiger partial charge in [0.15, 0.2) is 0 Å². The normalized spacial score (nSPS) is 33.2. The van der Waals surface area contributed by atoms with Gasteiger partial charge < -0.3 is 14.8 Å². The molecule has 14 heavy (non-hydrogen) atoms. The number of rotatable bonds is 5. The molecular weight excluding hydrogens is 178 g/mol. The van der Waals surface area contributed by atoms with Crippen LogP contribution in [0.15, 0.2) is 0 Å². The molecule has 0 radical (unpaired) electrons. The van der Waals surface area contributed by atoms with E-state index in [1.807, 2.05) is 0 Å². The summed E-state index contributed by atoms with van der Waals surface area (Å²) in [5, 5.41) is 3.55. The lowest BCUT2D eigenvalue weighted by molar-refractivity contribution is -0.111. The zero-order valence-electron chi connectivity index (χ0n) is 9.64. The molecule has 0 aromatic rings. The summed E-state index contributed by atoms with van der Waals surface area (Å²) in [5.41, 5.74) is -0.0849. The van der Waals surface area contributed by atoms with Gasteiger partial charge in [-0.1, -0.05) is 6.92 Å². The van der Waals surface area contributed by atoms with Gasteiger partial charge in [-0.3, -0.25) is 0 Å². The number of nitrogens with one attached hydrogen (secondary N) is 1. The van der Waals surface area contributed by atoms with Crippen molar-refractivity contribution in [2.75, 3.05) is 26.9 Å². The molecule has 0 saturated carbocycles. The minimum Gasteiger partial charge on any atom is -0.382 e. The van der Waals surface area contributed by atoms with E-state index in [4.69, 9.17) is 9.47 Å². The van der Waals surface area contributed by atoms with Crippen LogP contribution < -0.4 is 5.32 Å². The number of ether oxygens (including phenoxy) is 2. The molecule has 0 spiro atoms. The highest BCUT2D eigenvalue weighted by Gasteiger charge is 2.32.